The number of hydrogen-bond acceptors (Lipinski definition) is 3. The number of fused-ring (bicyclic) bond motifs is 3. The number of carbonyl (C=O) groups is 2. The van der Waals surface area contributed by atoms with Crippen LogP contribution in [0.1, 0.15) is 45.1 Å². The highest BCUT2D eigenvalue weighted by Crippen LogP contribution is 2.39. The van der Waals surface area contributed by atoms with Gasteiger partial charge in [-0.25, -0.2) is 0 Å². The van der Waals surface area contributed by atoms with Crippen molar-refractivity contribution >= 4 is 39.3 Å². The average molecular weight is 482 g/mol. The molecule has 36 heavy (non-hydrogen) atoms. The third-order valence-corrected chi connectivity index (χ3v) is 7.35. The van der Waals surface area contributed by atoms with Gasteiger partial charge in [0.1, 0.15) is 6.54 Å². The number of benzene rings is 3. The normalized spacial score (nSPS) is 18.1. The van der Waals surface area contributed by atoms with E-state index >= 15 is 0 Å². The van der Waals surface area contributed by atoms with Crippen molar-refractivity contribution in [2.45, 2.75) is 58.2 Å². The number of para-hydroxylation sites is 3. The zero-order chi connectivity index (χ0) is 25.4. The molecular formula is C30H31N3O3. The van der Waals surface area contributed by atoms with Gasteiger partial charge < -0.3 is 14.8 Å². The van der Waals surface area contributed by atoms with E-state index in [1.165, 1.54) is 0 Å². The number of nitrogens with zero attached hydrogens (tertiary/aromatic N) is 2. The number of nitrogens with one attached hydrogen (secondary N) is 1. The Hall–Kier alpha value is -3.93. The molecule has 0 fully saturated rings. The first-order chi connectivity index (χ1) is 17.4. The van der Waals surface area contributed by atoms with Crippen molar-refractivity contribution in [3.05, 3.63) is 88.6 Å². The topological polar surface area (TPSA) is 71.4 Å². The summed E-state index contributed by atoms with van der Waals surface area (Å²) in [5, 5.41) is 4.30. The fraction of sp³-hybridized carbons (Fsp3) is 0.300. The van der Waals surface area contributed by atoms with Crippen molar-refractivity contribution in [3.63, 3.8) is 0 Å². The van der Waals surface area contributed by atoms with E-state index < -0.39 is 0 Å². The molecule has 0 saturated heterocycles. The Labute approximate surface area is 210 Å². The highest BCUT2D eigenvalue weighted by Gasteiger charge is 2.37. The summed E-state index contributed by atoms with van der Waals surface area (Å²) in [7, 11) is 0. The summed E-state index contributed by atoms with van der Waals surface area (Å²) >= 11 is 0. The van der Waals surface area contributed by atoms with Crippen molar-refractivity contribution in [1.82, 2.24) is 9.88 Å². The maximum atomic E-state index is 13.9. The summed E-state index contributed by atoms with van der Waals surface area (Å²) < 4.78 is 1.94. The van der Waals surface area contributed by atoms with E-state index in [4.69, 9.17) is 0 Å². The molecule has 1 aliphatic heterocycles. The molecule has 0 radical (unpaired) electrons. The van der Waals surface area contributed by atoms with Crippen LogP contribution in [0.25, 0.3) is 21.8 Å². The van der Waals surface area contributed by atoms with Gasteiger partial charge in [0.05, 0.1) is 17.0 Å². The number of pyridine rings is 1. The molecule has 3 unspecified atom stereocenters. The fourth-order valence-electron chi connectivity index (χ4n) is 5.35. The van der Waals surface area contributed by atoms with Gasteiger partial charge in [0.2, 0.25) is 11.8 Å². The summed E-state index contributed by atoms with van der Waals surface area (Å²) in [5.41, 5.74) is 3.09. The molecule has 1 N–H and O–H groups in total. The molecule has 2 amide bonds. The van der Waals surface area contributed by atoms with Gasteiger partial charge in [-0.3, -0.25) is 14.4 Å². The van der Waals surface area contributed by atoms with E-state index in [2.05, 4.69) is 5.32 Å². The van der Waals surface area contributed by atoms with Crippen molar-refractivity contribution in [1.29, 1.82) is 0 Å². The number of amides is 2. The van der Waals surface area contributed by atoms with Crippen LogP contribution in [0.4, 0.5) is 5.69 Å². The summed E-state index contributed by atoms with van der Waals surface area (Å²) in [6.45, 7) is 6.14. The van der Waals surface area contributed by atoms with Crippen LogP contribution in [0.15, 0.2) is 77.6 Å². The summed E-state index contributed by atoms with van der Waals surface area (Å²) in [6.07, 6.45) is 1.41. The number of rotatable bonds is 5. The predicted octanol–water partition coefficient (Wildman–Crippen LogP) is 4.98. The predicted molar refractivity (Wildman–Crippen MR) is 144 cm³/mol. The van der Waals surface area contributed by atoms with E-state index in [-0.39, 0.29) is 41.8 Å². The maximum Gasteiger partial charge on any atom is 0.247 e. The number of carbonyl (C=O) groups excluding carboxylic acids is 2. The quantitative estimate of drug-likeness (QED) is 0.409. The molecule has 5 rings (SSSR count). The molecule has 0 aliphatic carbocycles. The second-order valence-corrected chi connectivity index (χ2v) is 9.73. The molecule has 6 nitrogen and oxygen atoms in total. The first-order valence-corrected chi connectivity index (χ1v) is 12.6. The number of anilines is 1. The highest BCUT2D eigenvalue weighted by molar-refractivity contribution is 6.00. The number of aromatic nitrogens is 1. The van der Waals surface area contributed by atoms with E-state index in [0.717, 1.165) is 28.7 Å². The molecule has 4 aromatic rings. The van der Waals surface area contributed by atoms with E-state index in [9.17, 15) is 14.4 Å². The Kier molecular flexibility index (Phi) is 6.35. The Balaban J connectivity index is 1.56. The Morgan fingerprint density at radius 1 is 0.944 bits per heavy atom. The van der Waals surface area contributed by atoms with Crippen LogP contribution in [-0.2, 0) is 16.1 Å². The lowest BCUT2D eigenvalue weighted by atomic mass is 9.85. The van der Waals surface area contributed by atoms with Gasteiger partial charge >= 0.3 is 0 Å². The zero-order valence-corrected chi connectivity index (χ0v) is 20.9. The second-order valence-electron chi connectivity index (χ2n) is 9.73. The smallest absolute Gasteiger partial charge is 0.247 e. The van der Waals surface area contributed by atoms with Crippen LogP contribution in [0.3, 0.4) is 0 Å². The monoisotopic (exact) mass is 481 g/mol. The van der Waals surface area contributed by atoms with Crippen LogP contribution in [0.2, 0.25) is 0 Å². The summed E-state index contributed by atoms with van der Waals surface area (Å²) in [6, 6.07) is 22.5. The SMILES string of the molecule is CCC(C)NC(=O)C1CC(C)N(C(=O)Cn2c3ccccc3c(=O)c3ccccc32)c2ccccc21. The first-order valence-electron chi connectivity index (χ1n) is 12.6. The Morgan fingerprint density at radius 3 is 2.17 bits per heavy atom. The van der Waals surface area contributed by atoms with Crippen LogP contribution in [-0.4, -0.2) is 28.5 Å². The molecule has 0 bridgehead atoms. The molecule has 1 aromatic heterocycles. The molecule has 1 aliphatic rings. The minimum Gasteiger partial charge on any atom is -0.353 e. The average Bonchev–Trinajstić information content (AvgIpc) is 2.90. The van der Waals surface area contributed by atoms with Crippen molar-refractivity contribution < 1.29 is 9.59 Å². The molecule has 184 valence electrons. The lowest BCUT2D eigenvalue weighted by Gasteiger charge is -2.39. The van der Waals surface area contributed by atoms with Crippen LogP contribution in [0.5, 0.6) is 0 Å². The summed E-state index contributed by atoms with van der Waals surface area (Å²) in [4.78, 5) is 42.0. The fourth-order valence-corrected chi connectivity index (χ4v) is 5.35. The van der Waals surface area contributed by atoms with Crippen LogP contribution >= 0.6 is 0 Å². The van der Waals surface area contributed by atoms with Gasteiger partial charge in [-0.1, -0.05) is 49.4 Å². The van der Waals surface area contributed by atoms with Gasteiger partial charge in [-0.15, -0.1) is 0 Å². The Bertz CT molecular complexity index is 1460. The van der Waals surface area contributed by atoms with E-state index in [0.29, 0.717) is 17.2 Å². The minimum atomic E-state index is -0.302. The standard InChI is InChI=1S/C30H31N3O3/c1-4-19(2)31-30(36)24-17-20(3)33(27-16-10-5-11-21(24)27)28(34)18-32-25-14-8-6-12-22(25)29(35)23-13-7-9-15-26(23)32/h5-16,19-20,24H,4,17-18H2,1-3H3,(H,31,36). The summed E-state index contributed by atoms with van der Waals surface area (Å²) in [5.74, 6) is -0.369. The number of hydrogen-bond donors (Lipinski definition) is 1. The van der Waals surface area contributed by atoms with Crippen molar-refractivity contribution in [2.75, 3.05) is 4.90 Å². The van der Waals surface area contributed by atoms with Crippen molar-refractivity contribution in [3.8, 4) is 0 Å². The van der Waals surface area contributed by atoms with E-state index in [1.54, 1.807) is 0 Å². The molecule has 6 heteroatoms. The molecule has 0 saturated carbocycles. The molecule has 2 heterocycles. The Morgan fingerprint density at radius 2 is 1.53 bits per heavy atom. The molecular weight excluding hydrogens is 450 g/mol. The maximum absolute atomic E-state index is 13.9. The van der Waals surface area contributed by atoms with E-state index in [1.807, 2.05) is 103 Å². The third kappa shape index (κ3) is 4.06. The highest BCUT2D eigenvalue weighted by atomic mass is 16.2. The van der Waals surface area contributed by atoms with Gasteiger partial charge in [0, 0.05) is 28.5 Å². The third-order valence-electron chi connectivity index (χ3n) is 7.35. The van der Waals surface area contributed by atoms with Crippen LogP contribution < -0.4 is 15.6 Å². The largest absolute Gasteiger partial charge is 0.353 e. The van der Waals surface area contributed by atoms with Gasteiger partial charge in [-0.05, 0) is 62.6 Å². The van der Waals surface area contributed by atoms with Crippen molar-refractivity contribution in [2.24, 2.45) is 0 Å². The second kappa shape index (κ2) is 9.61. The molecule has 3 atom stereocenters. The van der Waals surface area contributed by atoms with Gasteiger partial charge in [0.25, 0.3) is 0 Å². The van der Waals surface area contributed by atoms with Gasteiger partial charge in [-0.2, -0.15) is 0 Å². The van der Waals surface area contributed by atoms with Crippen LogP contribution in [0, 0.1) is 0 Å². The van der Waals surface area contributed by atoms with Gasteiger partial charge in [0.15, 0.2) is 5.43 Å². The molecule has 0 spiro atoms. The lowest BCUT2D eigenvalue weighted by Crippen LogP contribution is -2.48. The lowest BCUT2D eigenvalue weighted by molar-refractivity contribution is -0.124. The minimum absolute atomic E-state index is 0.00754. The first kappa shape index (κ1) is 23.8. The molecule has 3 aromatic carbocycles. The zero-order valence-electron chi connectivity index (χ0n) is 20.9.